The number of hydrogen-bond donors (Lipinski definition) is 2. The molecule has 3 aromatic rings. The Morgan fingerprint density at radius 1 is 1.28 bits per heavy atom. The van der Waals surface area contributed by atoms with E-state index in [4.69, 9.17) is 0 Å². The van der Waals surface area contributed by atoms with Gasteiger partial charge in [-0.3, -0.25) is 9.52 Å². The Morgan fingerprint density at radius 3 is 2.76 bits per heavy atom. The van der Waals surface area contributed by atoms with Crippen LogP contribution in [0.15, 0.2) is 47.4 Å². The number of fused-ring (bicyclic) bond motifs is 1. The van der Waals surface area contributed by atoms with Gasteiger partial charge >= 0.3 is 0 Å². The molecule has 0 bridgehead atoms. The molecule has 2 aromatic carbocycles. The van der Waals surface area contributed by atoms with Gasteiger partial charge in [-0.2, -0.15) is 0 Å². The van der Waals surface area contributed by atoms with Gasteiger partial charge < -0.3 is 10.0 Å². The predicted octanol–water partition coefficient (Wildman–Crippen LogP) is 2.83. The summed E-state index contributed by atoms with van der Waals surface area (Å²) in [5.41, 5.74) is 1.03. The number of likely N-dealkylation sites (tertiary alicyclic amines) is 1. The highest BCUT2D eigenvalue weighted by atomic mass is 32.2. The van der Waals surface area contributed by atoms with Gasteiger partial charge in [0, 0.05) is 12.1 Å². The highest BCUT2D eigenvalue weighted by Gasteiger charge is 2.29. The Kier molecular flexibility index (Phi) is 5.24. The maximum atomic E-state index is 13.0. The van der Waals surface area contributed by atoms with Crippen molar-refractivity contribution in [3.05, 3.63) is 53.8 Å². The maximum absolute atomic E-state index is 13.0. The Balaban J connectivity index is 1.58. The van der Waals surface area contributed by atoms with Crippen molar-refractivity contribution >= 4 is 42.6 Å². The third-order valence-corrected chi connectivity index (χ3v) is 7.25. The van der Waals surface area contributed by atoms with Crippen molar-refractivity contribution in [2.24, 2.45) is 0 Å². The molecular formula is C19H18FN3O4S2. The number of aromatic nitrogens is 1. The van der Waals surface area contributed by atoms with Crippen molar-refractivity contribution in [2.45, 2.75) is 23.8 Å². The van der Waals surface area contributed by atoms with Crippen LogP contribution in [0.1, 0.15) is 23.2 Å². The second-order valence-corrected chi connectivity index (χ2v) is 9.45. The lowest BCUT2D eigenvalue weighted by atomic mass is 10.1. The van der Waals surface area contributed by atoms with Crippen LogP contribution in [0, 0.1) is 5.82 Å². The van der Waals surface area contributed by atoms with E-state index in [9.17, 15) is 22.7 Å². The van der Waals surface area contributed by atoms with E-state index in [0.29, 0.717) is 22.3 Å². The zero-order valence-corrected chi connectivity index (χ0v) is 16.8. The largest absolute Gasteiger partial charge is 0.394 e. The lowest BCUT2D eigenvalue weighted by Crippen LogP contribution is -2.37. The van der Waals surface area contributed by atoms with Gasteiger partial charge in [-0.05, 0) is 55.3 Å². The molecule has 29 heavy (non-hydrogen) atoms. The van der Waals surface area contributed by atoms with Gasteiger partial charge in [0.25, 0.3) is 15.9 Å². The van der Waals surface area contributed by atoms with Crippen LogP contribution >= 0.6 is 11.3 Å². The van der Waals surface area contributed by atoms with Crippen molar-refractivity contribution in [2.75, 3.05) is 17.9 Å². The fourth-order valence-corrected chi connectivity index (χ4v) is 5.49. The molecule has 0 unspecified atom stereocenters. The van der Waals surface area contributed by atoms with Gasteiger partial charge in [0.1, 0.15) is 5.82 Å². The molecule has 0 saturated carbocycles. The molecule has 2 heterocycles. The predicted molar refractivity (Wildman–Crippen MR) is 108 cm³/mol. The highest BCUT2D eigenvalue weighted by molar-refractivity contribution is 7.93. The summed E-state index contributed by atoms with van der Waals surface area (Å²) < 4.78 is 41.0. The molecule has 0 aliphatic carbocycles. The van der Waals surface area contributed by atoms with E-state index in [1.54, 1.807) is 23.1 Å². The summed E-state index contributed by atoms with van der Waals surface area (Å²) >= 11 is 1.11. The Labute approximate surface area is 170 Å². The number of amides is 1. The third kappa shape index (κ3) is 3.96. The monoisotopic (exact) mass is 435 g/mol. The average molecular weight is 436 g/mol. The number of nitrogens with one attached hydrogen (secondary N) is 1. The van der Waals surface area contributed by atoms with Crippen LogP contribution < -0.4 is 4.72 Å². The van der Waals surface area contributed by atoms with E-state index in [-0.39, 0.29) is 28.6 Å². The topological polar surface area (TPSA) is 99.6 Å². The van der Waals surface area contributed by atoms with Crippen LogP contribution in [-0.2, 0) is 10.0 Å². The number of halogens is 1. The standard InChI is InChI=1S/C19H18FN3O4S2/c20-13-4-6-15(7-5-13)29(26,27)22-19-21-16-8-3-12(10-17(16)28-19)18(25)23-9-1-2-14(23)11-24/h3-8,10,14,24H,1-2,9,11H2,(H,21,22)/t14-/m0/s1. The number of aliphatic hydroxyl groups is 1. The number of rotatable bonds is 5. The van der Waals surface area contributed by atoms with Gasteiger partial charge in [0.2, 0.25) is 0 Å². The number of hydrogen-bond acceptors (Lipinski definition) is 6. The van der Waals surface area contributed by atoms with E-state index in [0.717, 1.165) is 36.3 Å². The summed E-state index contributed by atoms with van der Waals surface area (Å²) in [4.78, 5) is 18.6. The number of carbonyl (C=O) groups excluding carboxylic acids is 1. The fraction of sp³-hybridized carbons (Fsp3) is 0.263. The minimum Gasteiger partial charge on any atom is -0.394 e. The van der Waals surface area contributed by atoms with Gasteiger partial charge in [-0.1, -0.05) is 11.3 Å². The van der Waals surface area contributed by atoms with E-state index in [1.807, 2.05) is 0 Å². The van der Waals surface area contributed by atoms with Crippen LogP contribution in [0.2, 0.25) is 0 Å². The number of benzene rings is 2. The molecule has 1 saturated heterocycles. The molecular weight excluding hydrogens is 417 g/mol. The second-order valence-electron chi connectivity index (χ2n) is 6.74. The van der Waals surface area contributed by atoms with Crippen molar-refractivity contribution in [1.82, 2.24) is 9.88 Å². The van der Waals surface area contributed by atoms with Crippen LogP contribution in [0.25, 0.3) is 10.2 Å². The summed E-state index contributed by atoms with van der Waals surface area (Å²) in [6.07, 6.45) is 1.63. The molecule has 10 heteroatoms. The zero-order chi connectivity index (χ0) is 20.6. The molecule has 0 spiro atoms. The molecule has 1 atom stereocenters. The number of sulfonamides is 1. The Bertz CT molecular complexity index is 1160. The molecule has 7 nitrogen and oxygen atoms in total. The van der Waals surface area contributed by atoms with Crippen molar-refractivity contribution < 1.29 is 22.7 Å². The van der Waals surface area contributed by atoms with Crippen LogP contribution in [-0.4, -0.2) is 48.5 Å². The first-order valence-corrected chi connectivity index (χ1v) is 11.3. The van der Waals surface area contributed by atoms with E-state index < -0.39 is 15.8 Å². The van der Waals surface area contributed by atoms with E-state index >= 15 is 0 Å². The summed E-state index contributed by atoms with van der Waals surface area (Å²) in [5.74, 6) is -0.687. The second kappa shape index (κ2) is 7.69. The van der Waals surface area contributed by atoms with Gasteiger partial charge in [0.05, 0.1) is 27.8 Å². The minimum atomic E-state index is -3.90. The number of nitrogens with zero attached hydrogens (tertiary/aromatic N) is 2. The van der Waals surface area contributed by atoms with Crippen molar-refractivity contribution in [1.29, 1.82) is 0 Å². The average Bonchev–Trinajstić information content (AvgIpc) is 3.32. The van der Waals surface area contributed by atoms with Crippen LogP contribution in [0.4, 0.5) is 9.52 Å². The molecule has 1 aliphatic heterocycles. The fourth-order valence-electron chi connectivity index (χ4n) is 3.35. The molecule has 1 aromatic heterocycles. The number of anilines is 1. The first-order valence-electron chi connectivity index (χ1n) is 8.98. The minimum absolute atomic E-state index is 0.0656. The summed E-state index contributed by atoms with van der Waals surface area (Å²) in [7, 11) is -3.90. The first-order chi connectivity index (χ1) is 13.9. The van der Waals surface area contributed by atoms with Gasteiger partial charge in [-0.25, -0.2) is 17.8 Å². The van der Waals surface area contributed by atoms with Gasteiger partial charge in [0.15, 0.2) is 5.13 Å². The normalized spacial score (nSPS) is 17.0. The Hall–Kier alpha value is -2.56. The quantitative estimate of drug-likeness (QED) is 0.642. The first kappa shape index (κ1) is 19.7. The summed E-state index contributed by atoms with van der Waals surface area (Å²) in [6, 6.07) is 9.32. The molecule has 1 fully saturated rings. The molecule has 1 amide bonds. The SMILES string of the molecule is O=C(c1ccc2nc(NS(=O)(=O)c3ccc(F)cc3)sc2c1)N1CCC[C@H]1CO. The lowest BCUT2D eigenvalue weighted by molar-refractivity contribution is 0.0678. The summed E-state index contributed by atoms with van der Waals surface area (Å²) in [5, 5.41) is 9.59. The molecule has 2 N–H and O–H groups in total. The van der Waals surface area contributed by atoms with E-state index in [2.05, 4.69) is 9.71 Å². The number of carbonyl (C=O) groups is 1. The number of aliphatic hydroxyl groups excluding tert-OH is 1. The van der Waals surface area contributed by atoms with Crippen LogP contribution in [0.3, 0.4) is 0 Å². The molecule has 152 valence electrons. The molecule has 1 aliphatic rings. The van der Waals surface area contributed by atoms with E-state index in [1.165, 1.54) is 12.1 Å². The molecule has 0 radical (unpaired) electrons. The Morgan fingerprint density at radius 2 is 2.03 bits per heavy atom. The zero-order valence-electron chi connectivity index (χ0n) is 15.2. The lowest BCUT2D eigenvalue weighted by Gasteiger charge is -2.23. The summed E-state index contributed by atoms with van der Waals surface area (Å²) in [6.45, 7) is 0.539. The maximum Gasteiger partial charge on any atom is 0.263 e. The van der Waals surface area contributed by atoms with Gasteiger partial charge in [-0.15, -0.1) is 0 Å². The van der Waals surface area contributed by atoms with Crippen molar-refractivity contribution in [3.63, 3.8) is 0 Å². The van der Waals surface area contributed by atoms with Crippen LogP contribution in [0.5, 0.6) is 0 Å². The third-order valence-electron chi connectivity index (χ3n) is 4.83. The molecule has 4 rings (SSSR count). The smallest absolute Gasteiger partial charge is 0.263 e. The van der Waals surface area contributed by atoms with Crippen molar-refractivity contribution in [3.8, 4) is 0 Å². The highest BCUT2D eigenvalue weighted by Crippen LogP contribution is 2.30. The number of thiazole rings is 1.